The van der Waals surface area contributed by atoms with Crippen LogP contribution in [0.25, 0.3) is 0 Å². The zero-order chi connectivity index (χ0) is 14.7. The van der Waals surface area contributed by atoms with Crippen molar-refractivity contribution >= 4 is 21.8 Å². The Morgan fingerprint density at radius 2 is 2.19 bits per heavy atom. The number of benzene rings is 1. The Kier molecular flexibility index (Phi) is 4.63. The van der Waals surface area contributed by atoms with Crippen LogP contribution in [0.1, 0.15) is 37.7 Å². The molecule has 0 fully saturated rings. The molecule has 1 aromatic carbocycles. The van der Waals surface area contributed by atoms with Gasteiger partial charge in [0.2, 0.25) is 0 Å². The van der Waals surface area contributed by atoms with Gasteiger partial charge >= 0.3 is 0 Å². The molecule has 0 bridgehead atoms. The fourth-order valence-electron chi connectivity index (χ4n) is 2.95. The number of allylic oxidation sites excluding steroid dienone is 1. The Balaban J connectivity index is 1.69. The van der Waals surface area contributed by atoms with Crippen molar-refractivity contribution in [2.24, 2.45) is 0 Å². The second-order valence-corrected chi connectivity index (χ2v) is 6.63. The minimum absolute atomic E-state index is 0.0822. The van der Waals surface area contributed by atoms with Crippen LogP contribution in [0.3, 0.4) is 0 Å². The van der Waals surface area contributed by atoms with Crippen LogP contribution in [0.2, 0.25) is 0 Å². The van der Waals surface area contributed by atoms with Crippen LogP contribution in [-0.2, 0) is 11.3 Å². The summed E-state index contributed by atoms with van der Waals surface area (Å²) in [6.07, 6.45) is 8.34. The van der Waals surface area contributed by atoms with E-state index in [0.29, 0.717) is 6.54 Å². The first-order chi connectivity index (χ1) is 10.2. The molecule has 1 aliphatic heterocycles. The minimum atomic E-state index is 0.0822. The normalized spacial score (nSPS) is 18.6. The summed E-state index contributed by atoms with van der Waals surface area (Å²) in [5.74, 6) is 0.907. The Bertz CT molecular complexity index is 568. The van der Waals surface area contributed by atoms with Gasteiger partial charge < -0.3 is 9.64 Å². The number of rotatable bonds is 3. The first-order valence-electron chi connectivity index (χ1n) is 7.59. The highest BCUT2D eigenvalue weighted by molar-refractivity contribution is 9.10. The molecule has 3 rings (SSSR count). The Morgan fingerprint density at radius 3 is 3.00 bits per heavy atom. The van der Waals surface area contributed by atoms with Crippen molar-refractivity contribution in [1.29, 1.82) is 0 Å². The van der Waals surface area contributed by atoms with Crippen molar-refractivity contribution in [1.82, 2.24) is 4.90 Å². The van der Waals surface area contributed by atoms with Crippen LogP contribution < -0.4 is 4.74 Å². The maximum absolute atomic E-state index is 12.2. The van der Waals surface area contributed by atoms with Gasteiger partial charge in [-0.3, -0.25) is 4.79 Å². The summed E-state index contributed by atoms with van der Waals surface area (Å²) in [4.78, 5) is 14.1. The van der Waals surface area contributed by atoms with E-state index in [1.807, 2.05) is 23.1 Å². The van der Waals surface area contributed by atoms with Crippen molar-refractivity contribution in [3.8, 4) is 5.75 Å². The van der Waals surface area contributed by atoms with Crippen LogP contribution in [0.4, 0.5) is 0 Å². The number of carbonyl (C=O) groups excluding carboxylic acids is 1. The predicted molar refractivity (Wildman–Crippen MR) is 86.2 cm³/mol. The van der Waals surface area contributed by atoms with Crippen molar-refractivity contribution in [3.05, 3.63) is 39.9 Å². The van der Waals surface area contributed by atoms with Crippen LogP contribution in [0, 0.1) is 0 Å². The van der Waals surface area contributed by atoms with Crippen LogP contribution >= 0.6 is 15.9 Å². The van der Waals surface area contributed by atoms with Gasteiger partial charge in [-0.1, -0.05) is 27.6 Å². The maximum Gasteiger partial charge on any atom is 0.260 e. The highest BCUT2D eigenvalue weighted by Crippen LogP contribution is 2.27. The van der Waals surface area contributed by atoms with Crippen molar-refractivity contribution in [3.63, 3.8) is 0 Å². The lowest BCUT2D eigenvalue weighted by molar-refractivity contribution is -0.133. The van der Waals surface area contributed by atoms with E-state index in [1.165, 1.54) is 31.3 Å². The summed E-state index contributed by atoms with van der Waals surface area (Å²) >= 11 is 3.48. The quantitative estimate of drug-likeness (QED) is 0.770. The van der Waals surface area contributed by atoms with Gasteiger partial charge in [0.15, 0.2) is 6.61 Å². The molecule has 4 heteroatoms. The van der Waals surface area contributed by atoms with Gasteiger partial charge in [-0.25, -0.2) is 0 Å². The van der Waals surface area contributed by atoms with Crippen LogP contribution in [0.15, 0.2) is 34.3 Å². The van der Waals surface area contributed by atoms with E-state index in [9.17, 15) is 4.79 Å². The number of hydrogen-bond donors (Lipinski definition) is 0. The van der Waals surface area contributed by atoms with E-state index in [-0.39, 0.29) is 12.5 Å². The molecule has 0 saturated heterocycles. The molecule has 21 heavy (non-hydrogen) atoms. The molecule has 0 spiro atoms. The summed E-state index contributed by atoms with van der Waals surface area (Å²) in [6.45, 7) is 1.58. The maximum atomic E-state index is 12.2. The van der Waals surface area contributed by atoms with Gasteiger partial charge in [-0.05, 0) is 50.3 Å². The lowest BCUT2D eigenvalue weighted by Gasteiger charge is -2.22. The lowest BCUT2D eigenvalue weighted by atomic mass is 9.97. The predicted octanol–water partition coefficient (Wildman–Crippen LogP) is 4.06. The van der Waals surface area contributed by atoms with E-state index in [1.54, 1.807) is 0 Å². The van der Waals surface area contributed by atoms with E-state index in [2.05, 4.69) is 22.0 Å². The Labute approximate surface area is 134 Å². The zero-order valence-corrected chi connectivity index (χ0v) is 13.7. The van der Waals surface area contributed by atoms with E-state index in [4.69, 9.17) is 4.74 Å². The number of hydrogen-bond acceptors (Lipinski definition) is 2. The third-order valence-electron chi connectivity index (χ3n) is 4.18. The number of fused-ring (bicyclic) bond motifs is 1. The van der Waals surface area contributed by atoms with Crippen molar-refractivity contribution in [2.75, 3.05) is 13.2 Å². The topological polar surface area (TPSA) is 29.5 Å². The second-order valence-electron chi connectivity index (χ2n) is 5.71. The number of carbonyl (C=O) groups is 1. The van der Waals surface area contributed by atoms with Gasteiger partial charge in [-0.2, -0.15) is 0 Å². The fraction of sp³-hybridized carbons (Fsp3) is 0.471. The molecule has 1 aliphatic carbocycles. The summed E-state index contributed by atoms with van der Waals surface area (Å²) < 4.78 is 6.63. The number of ether oxygens (including phenoxy) is 1. The standard InChI is InChI=1S/C17H20BrNO2/c18-15-6-7-16-14(10-15)11-19(17(20)12-21-16)9-8-13-4-2-1-3-5-13/h4,6-7,10H,1-3,5,8-9,11-12H2. The molecule has 2 aliphatic rings. The highest BCUT2D eigenvalue weighted by Gasteiger charge is 2.21. The van der Waals surface area contributed by atoms with Gasteiger partial charge in [0.25, 0.3) is 5.91 Å². The molecule has 3 nitrogen and oxygen atoms in total. The molecule has 0 N–H and O–H groups in total. The monoisotopic (exact) mass is 349 g/mol. The number of nitrogens with zero attached hydrogens (tertiary/aromatic N) is 1. The first-order valence-corrected chi connectivity index (χ1v) is 8.38. The molecular formula is C17H20BrNO2. The van der Waals surface area contributed by atoms with Crippen LogP contribution in [0.5, 0.6) is 5.75 Å². The molecule has 112 valence electrons. The zero-order valence-electron chi connectivity index (χ0n) is 12.1. The summed E-state index contributed by atoms with van der Waals surface area (Å²) in [6, 6.07) is 5.92. The molecule has 0 atom stereocenters. The molecule has 0 saturated carbocycles. The third kappa shape index (κ3) is 3.67. The molecule has 1 aromatic rings. The fourth-order valence-corrected chi connectivity index (χ4v) is 3.36. The summed E-state index contributed by atoms with van der Waals surface area (Å²) in [7, 11) is 0. The molecule has 0 aromatic heterocycles. The van der Waals surface area contributed by atoms with Crippen molar-refractivity contribution in [2.45, 2.75) is 38.6 Å². The van der Waals surface area contributed by atoms with Gasteiger partial charge in [0.05, 0.1) is 0 Å². The molecule has 0 unspecified atom stereocenters. The lowest BCUT2D eigenvalue weighted by Crippen LogP contribution is -2.33. The molecular weight excluding hydrogens is 330 g/mol. The van der Waals surface area contributed by atoms with Gasteiger partial charge in [-0.15, -0.1) is 0 Å². The van der Waals surface area contributed by atoms with Gasteiger partial charge in [0, 0.05) is 23.1 Å². The summed E-state index contributed by atoms with van der Waals surface area (Å²) in [5, 5.41) is 0. The SMILES string of the molecule is O=C1COc2ccc(Br)cc2CN1CCC1=CCCCC1. The highest BCUT2D eigenvalue weighted by atomic mass is 79.9. The molecule has 0 radical (unpaired) electrons. The third-order valence-corrected chi connectivity index (χ3v) is 4.67. The molecule has 1 heterocycles. The van der Waals surface area contributed by atoms with Crippen LogP contribution in [-0.4, -0.2) is 24.0 Å². The van der Waals surface area contributed by atoms with E-state index < -0.39 is 0 Å². The Morgan fingerprint density at radius 1 is 1.29 bits per heavy atom. The second kappa shape index (κ2) is 6.65. The first kappa shape index (κ1) is 14.6. The van der Waals surface area contributed by atoms with Gasteiger partial charge in [0.1, 0.15) is 5.75 Å². The average Bonchev–Trinajstić information content (AvgIpc) is 2.65. The van der Waals surface area contributed by atoms with E-state index >= 15 is 0 Å². The average molecular weight is 350 g/mol. The summed E-state index contributed by atoms with van der Waals surface area (Å²) in [5.41, 5.74) is 2.58. The van der Waals surface area contributed by atoms with E-state index in [0.717, 1.165) is 28.8 Å². The number of halogens is 1. The Hall–Kier alpha value is -1.29. The molecule has 1 amide bonds. The smallest absolute Gasteiger partial charge is 0.260 e. The number of amides is 1. The van der Waals surface area contributed by atoms with Crippen molar-refractivity contribution < 1.29 is 9.53 Å². The minimum Gasteiger partial charge on any atom is -0.483 e. The largest absolute Gasteiger partial charge is 0.483 e.